The zero-order valence-electron chi connectivity index (χ0n) is 41.8. The van der Waals surface area contributed by atoms with Gasteiger partial charge in [-0.05, 0) is 96.3 Å². The summed E-state index contributed by atoms with van der Waals surface area (Å²) in [6.45, 7) is 6.56. The minimum absolute atomic E-state index is 0.0843. The van der Waals surface area contributed by atoms with Crippen molar-refractivity contribution < 1.29 is 28.6 Å². The highest BCUT2D eigenvalue weighted by Gasteiger charge is 2.19. The Morgan fingerprint density at radius 2 is 0.603 bits per heavy atom. The molecule has 0 aliphatic carbocycles. The van der Waals surface area contributed by atoms with Crippen molar-refractivity contribution in [2.75, 3.05) is 13.2 Å². The smallest absolute Gasteiger partial charge is 0.306 e. The quantitative estimate of drug-likeness (QED) is 0.0262. The average Bonchev–Trinajstić information content (AvgIpc) is 3.28. The number of carbonyl (C=O) groups is 3. The molecule has 6 heteroatoms. The highest BCUT2D eigenvalue weighted by Crippen LogP contribution is 2.15. The van der Waals surface area contributed by atoms with Gasteiger partial charge in [-0.2, -0.15) is 0 Å². The van der Waals surface area contributed by atoms with Gasteiger partial charge >= 0.3 is 17.9 Å². The van der Waals surface area contributed by atoms with Crippen LogP contribution >= 0.6 is 0 Å². The molecular formula is C57H102O6. The molecule has 0 rings (SSSR count). The van der Waals surface area contributed by atoms with E-state index in [1.807, 2.05) is 0 Å². The van der Waals surface area contributed by atoms with Gasteiger partial charge in [-0.1, -0.05) is 211 Å². The molecule has 0 saturated heterocycles. The van der Waals surface area contributed by atoms with Crippen molar-refractivity contribution in [2.45, 2.75) is 284 Å². The summed E-state index contributed by atoms with van der Waals surface area (Å²) in [5.74, 6) is -0.906. The minimum atomic E-state index is -0.785. The maximum atomic E-state index is 12.8. The lowest BCUT2D eigenvalue weighted by molar-refractivity contribution is -0.167. The van der Waals surface area contributed by atoms with Crippen molar-refractivity contribution in [1.82, 2.24) is 0 Å². The Labute approximate surface area is 390 Å². The second kappa shape index (κ2) is 52.0. The van der Waals surface area contributed by atoms with Gasteiger partial charge in [-0.25, -0.2) is 0 Å². The normalized spacial score (nSPS) is 12.4. The van der Waals surface area contributed by atoms with Crippen LogP contribution in [0.25, 0.3) is 0 Å². The van der Waals surface area contributed by atoms with E-state index in [0.29, 0.717) is 19.3 Å². The number of rotatable bonds is 49. The van der Waals surface area contributed by atoms with E-state index >= 15 is 0 Å². The average molecular weight is 883 g/mol. The van der Waals surface area contributed by atoms with E-state index in [1.54, 1.807) is 0 Å². The summed E-state index contributed by atoms with van der Waals surface area (Å²) in [4.78, 5) is 38.0. The lowest BCUT2D eigenvalue weighted by Crippen LogP contribution is -2.30. The third-order valence-electron chi connectivity index (χ3n) is 11.8. The second-order valence-electron chi connectivity index (χ2n) is 18.1. The Kier molecular flexibility index (Phi) is 49.8. The predicted octanol–water partition coefficient (Wildman–Crippen LogP) is 17.9. The van der Waals surface area contributed by atoms with Crippen LogP contribution in [0.5, 0.6) is 0 Å². The van der Waals surface area contributed by atoms with Gasteiger partial charge in [0.1, 0.15) is 13.2 Å². The molecule has 0 aromatic heterocycles. The van der Waals surface area contributed by atoms with E-state index in [0.717, 1.165) is 103 Å². The van der Waals surface area contributed by atoms with Crippen LogP contribution in [-0.2, 0) is 28.6 Å². The van der Waals surface area contributed by atoms with Crippen LogP contribution in [0.3, 0.4) is 0 Å². The Morgan fingerprint density at radius 3 is 0.952 bits per heavy atom. The van der Waals surface area contributed by atoms with Crippen LogP contribution in [0.4, 0.5) is 0 Å². The Morgan fingerprint density at radius 1 is 0.317 bits per heavy atom. The molecule has 0 aliphatic heterocycles. The first-order valence-electron chi connectivity index (χ1n) is 27.1. The van der Waals surface area contributed by atoms with Gasteiger partial charge in [-0.3, -0.25) is 14.4 Å². The second-order valence-corrected chi connectivity index (χ2v) is 18.1. The Balaban J connectivity index is 4.40. The SMILES string of the molecule is CCC/C=C\C/C=C\CCCCCCCC(=O)OCC(COC(=O)CCCCCCC/C=C\CCCCCCCCC)OC(=O)CCCCCCC/C=C\CCCCCCCCC. The van der Waals surface area contributed by atoms with Gasteiger partial charge in [0.05, 0.1) is 0 Å². The van der Waals surface area contributed by atoms with Gasteiger partial charge in [-0.15, -0.1) is 0 Å². The summed E-state index contributed by atoms with van der Waals surface area (Å²) in [6.07, 6.45) is 62.3. The van der Waals surface area contributed by atoms with Gasteiger partial charge in [0.25, 0.3) is 0 Å². The van der Waals surface area contributed by atoms with Crippen LogP contribution in [0.15, 0.2) is 48.6 Å². The topological polar surface area (TPSA) is 78.9 Å². The fourth-order valence-electron chi connectivity index (χ4n) is 7.65. The molecule has 0 aromatic rings. The van der Waals surface area contributed by atoms with E-state index in [2.05, 4.69) is 69.4 Å². The molecule has 0 heterocycles. The monoisotopic (exact) mass is 883 g/mol. The van der Waals surface area contributed by atoms with Crippen molar-refractivity contribution >= 4 is 17.9 Å². The number of unbranched alkanes of at least 4 members (excludes halogenated alkanes) is 30. The van der Waals surface area contributed by atoms with Crippen molar-refractivity contribution in [1.29, 1.82) is 0 Å². The number of allylic oxidation sites excluding steroid dienone is 8. The molecule has 1 unspecified atom stereocenters. The molecule has 0 bridgehead atoms. The van der Waals surface area contributed by atoms with E-state index in [-0.39, 0.29) is 31.1 Å². The number of hydrogen-bond acceptors (Lipinski definition) is 6. The minimum Gasteiger partial charge on any atom is -0.462 e. The Bertz CT molecular complexity index is 1110. The molecule has 0 saturated carbocycles. The molecule has 6 nitrogen and oxygen atoms in total. The zero-order valence-corrected chi connectivity index (χ0v) is 41.8. The van der Waals surface area contributed by atoms with Crippen LogP contribution in [0.1, 0.15) is 278 Å². The fourth-order valence-corrected chi connectivity index (χ4v) is 7.65. The van der Waals surface area contributed by atoms with Crippen LogP contribution < -0.4 is 0 Å². The first-order chi connectivity index (χ1) is 31.0. The van der Waals surface area contributed by atoms with E-state index in [1.165, 1.54) is 135 Å². The number of hydrogen-bond donors (Lipinski definition) is 0. The lowest BCUT2D eigenvalue weighted by atomic mass is 10.1. The summed E-state index contributed by atoms with van der Waals surface area (Å²) in [5.41, 5.74) is 0. The van der Waals surface area contributed by atoms with Gasteiger partial charge in [0.15, 0.2) is 6.10 Å². The van der Waals surface area contributed by atoms with E-state index in [9.17, 15) is 14.4 Å². The number of carbonyl (C=O) groups excluding carboxylic acids is 3. The highest BCUT2D eigenvalue weighted by molar-refractivity contribution is 5.71. The van der Waals surface area contributed by atoms with Crippen LogP contribution in [0, 0.1) is 0 Å². The molecular weight excluding hydrogens is 781 g/mol. The van der Waals surface area contributed by atoms with Gasteiger partial charge in [0, 0.05) is 19.3 Å². The molecule has 0 spiro atoms. The molecule has 1 atom stereocenters. The molecule has 0 N–H and O–H groups in total. The fraction of sp³-hybridized carbons (Fsp3) is 0.807. The van der Waals surface area contributed by atoms with Crippen LogP contribution in [0.2, 0.25) is 0 Å². The summed E-state index contributed by atoms with van der Waals surface area (Å²) in [7, 11) is 0. The number of esters is 3. The van der Waals surface area contributed by atoms with Crippen molar-refractivity contribution in [3.8, 4) is 0 Å². The third-order valence-corrected chi connectivity index (χ3v) is 11.8. The van der Waals surface area contributed by atoms with Crippen molar-refractivity contribution in [3.05, 3.63) is 48.6 Å². The first kappa shape index (κ1) is 60.4. The van der Waals surface area contributed by atoms with Crippen molar-refractivity contribution in [3.63, 3.8) is 0 Å². The number of ether oxygens (including phenoxy) is 3. The van der Waals surface area contributed by atoms with Gasteiger partial charge < -0.3 is 14.2 Å². The first-order valence-corrected chi connectivity index (χ1v) is 27.1. The molecule has 63 heavy (non-hydrogen) atoms. The van der Waals surface area contributed by atoms with Crippen molar-refractivity contribution in [2.24, 2.45) is 0 Å². The summed E-state index contributed by atoms with van der Waals surface area (Å²) >= 11 is 0. The van der Waals surface area contributed by atoms with E-state index < -0.39 is 6.10 Å². The molecule has 366 valence electrons. The summed E-state index contributed by atoms with van der Waals surface area (Å²) in [6, 6.07) is 0. The summed E-state index contributed by atoms with van der Waals surface area (Å²) < 4.78 is 16.8. The Hall–Kier alpha value is -2.63. The van der Waals surface area contributed by atoms with E-state index in [4.69, 9.17) is 14.2 Å². The lowest BCUT2D eigenvalue weighted by Gasteiger charge is -2.18. The largest absolute Gasteiger partial charge is 0.462 e. The molecule has 0 aliphatic rings. The molecule has 0 radical (unpaired) electrons. The maximum Gasteiger partial charge on any atom is 0.306 e. The third kappa shape index (κ3) is 50.2. The maximum absolute atomic E-state index is 12.8. The standard InChI is InChI=1S/C57H102O6/c1-4-7-10-13-16-19-22-25-27-29-32-35-38-41-44-47-50-56(59)62-53-54(52-61-55(58)49-46-43-40-37-34-31-24-21-18-15-12-9-6-3)63-57(60)51-48-45-42-39-36-33-30-28-26-23-20-17-14-11-8-5-2/h12,15,21,24,27-30,54H,4-11,13-14,16-20,22-23,25-26,31-53H2,1-3H3/b15-12-,24-21-,29-27-,30-28-. The molecule has 0 fully saturated rings. The van der Waals surface area contributed by atoms with Crippen LogP contribution in [-0.4, -0.2) is 37.2 Å². The van der Waals surface area contributed by atoms with Gasteiger partial charge in [0.2, 0.25) is 0 Å². The molecule has 0 amide bonds. The summed E-state index contributed by atoms with van der Waals surface area (Å²) in [5, 5.41) is 0. The predicted molar refractivity (Wildman–Crippen MR) is 270 cm³/mol. The zero-order chi connectivity index (χ0) is 45.8. The molecule has 0 aromatic carbocycles. The highest BCUT2D eigenvalue weighted by atomic mass is 16.6.